The predicted octanol–water partition coefficient (Wildman–Crippen LogP) is 0.937. The van der Waals surface area contributed by atoms with Crippen LogP contribution in [0.1, 0.15) is 5.56 Å². The van der Waals surface area contributed by atoms with Crippen LogP contribution in [0.5, 0.6) is 0 Å². The number of urea groups is 1. The van der Waals surface area contributed by atoms with Crippen molar-refractivity contribution < 1.29 is 9.90 Å². The Morgan fingerprint density at radius 3 is 2.56 bits per heavy atom. The minimum atomic E-state index is -0.714. The van der Waals surface area contributed by atoms with E-state index in [1.54, 1.807) is 11.2 Å². The maximum atomic E-state index is 12.0. The summed E-state index contributed by atoms with van der Waals surface area (Å²) >= 11 is 0. The monoisotopic (exact) mass is 346 g/mol. The van der Waals surface area contributed by atoms with Gasteiger partial charge in [-0.15, -0.1) is 6.54 Å². The molecule has 2 rings (SSSR count). The molecule has 25 heavy (non-hydrogen) atoms. The fraction of sp³-hybridized carbons (Fsp3) is 0.500. The highest BCUT2D eigenvalue weighted by Crippen LogP contribution is 2.16. The average molecular weight is 346 g/mol. The SMILES string of the molecule is CN1C=C(C(O)CNC(=O)NCC(Cc2ccccc2)N(C)C)C[N-]1. The minimum Gasteiger partial charge on any atom is -0.565 e. The van der Waals surface area contributed by atoms with Gasteiger partial charge in [0.25, 0.3) is 0 Å². The molecule has 0 bridgehead atoms. The Hall–Kier alpha value is -2.09. The van der Waals surface area contributed by atoms with Crippen LogP contribution in [0, 0.1) is 0 Å². The Morgan fingerprint density at radius 2 is 1.96 bits per heavy atom. The van der Waals surface area contributed by atoms with Crippen LogP contribution in [-0.2, 0) is 6.42 Å². The molecule has 3 N–H and O–H groups in total. The summed E-state index contributed by atoms with van der Waals surface area (Å²) < 4.78 is 0. The first kappa shape index (κ1) is 19.2. The van der Waals surface area contributed by atoms with Crippen molar-refractivity contribution in [3.63, 3.8) is 0 Å². The van der Waals surface area contributed by atoms with Gasteiger partial charge in [0.2, 0.25) is 0 Å². The van der Waals surface area contributed by atoms with E-state index >= 15 is 0 Å². The fourth-order valence-electron chi connectivity index (χ4n) is 2.62. The zero-order valence-corrected chi connectivity index (χ0v) is 15.1. The molecule has 2 atom stereocenters. The van der Waals surface area contributed by atoms with Gasteiger partial charge < -0.3 is 31.1 Å². The van der Waals surface area contributed by atoms with Crippen LogP contribution in [0.4, 0.5) is 4.79 Å². The largest absolute Gasteiger partial charge is 0.565 e. The van der Waals surface area contributed by atoms with Crippen molar-refractivity contribution >= 4 is 6.03 Å². The summed E-state index contributed by atoms with van der Waals surface area (Å²) in [5.74, 6) is 0. The number of rotatable bonds is 8. The quantitative estimate of drug-likeness (QED) is 0.654. The molecule has 0 saturated heterocycles. The number of nitrogens with one attached hydrogen (secondary N) is 2. The van der Waals surface area contributed by atoms with E-state index in [0.29, 0.717) is 13.1 Å². The Morgan fingerprint density at radius 1 is 1.28 bits per heavy atom. The molecule has 2 amide bonds. The summed E-state index contributed by atoms with van der Waals surface area (Å²) in [6, 6.07) is 10.1. The van der Waals surface area contributed by atoms with Crippen molar-refractivity contribution in [1.29, 1.82) is 0 Å². The number of nitrogens with zero attached hydrogens (tertiary/aromatic N) is 3. The lowest BCUT2D eigenvalue weighted by molar-refractivity contribution is 0.198. The van der Waals surface area contributed by atoms with Crippen LogP contribution in [0.3, 0.4) is 0 Å². The average Bonchev–Trinajstić information content (AvgIpc) is 3.03. The Bertz CT molecular complexity index is 576. The molecule has 138 valence electrons. The van der Waals surface area contributed by atoms with Crippen LogP contribution in [0.15, 0.2) is 42.1 Å². The van der Waals surface area contributed by atoms with Crippen LogP contribution in [0.2, 0.25) is 0 Å². The molecule has 1 aromatic rings. The van der Waals surface area contributed by atoms with Gasteiger partial charge in [0.05, 0.1) is 6.10 Å². The molecule has 0 fully saturated rings. The molecule has 1 heterocycles. The smallest absolute Gasteiger partial charge is 0.314 e. The van der Waals surface area contributed by atoms with E-state index < -0.39 is 6.10 Å². The summed E-state index contributed by atoms with van der Waals surface area (Å²) in [5.41, 5.74) is 6.17. The molecule has 0 spiro atoms. The highest BCUT2D eigenvalue weighted by molar-refractivity contribution is 5.73. The minimum absolute atomic E-state index is 0.173. The van der Waals surface area contributed by atoms with Crippen LogP contribution < -0.4 is 10.6 Å². The molecule has 0 radical (unpaired) electrons. The standard InChI is InChI=1S/C18H28N5O2/c1-22(2)16(9-14-7-5-4-6-8-14)11-19-18(25)20-12-17(24)15-10-21-23(3)13-15/h4-8,13,16-17,24H,9-12H2,1-3H3,(H2,19,20,25)/q-1. The summed E-state index contributed by atoms with van der Waals surface area (Å²) in [4.78, 5) is 14.1. The molecule has 0 aliphatic carbocycles. The van der Waals surface area contributed by atoms with Gasteiger partial charge in [-0.3, -0.25) is 0 Å². The first-order chi connectivity index (χ1) is 12.0. The molecule has 7 heteroatoms. The van der Waals surface area contributed by atoms with Gasteiger partial charge in [0.15, 0.2) is 0 Å². The van der Waals surface area contributed by atoms with Gasteiger partial charge in [-0.1, -0.05) is 30.3 Å². The van der Waals surface area contributed by atoms with Gasteiger partial charge in [-0.25, -0.2) is 4.79 Å². The van der Waals surface area contributed by atoms with E-state index in [0.717, 1.165) is 12.0 Å². The number of likely N-dealkylation sites (N-methyl/N-ethyl adjacent to an activating group) is 1. The Labute approximate surface area is 149 Å². The zero-order chi connectivity index (χ0) is 18.2. The van der Waals surface area contributed by atoms with Crippen LogP contribution >= 0.6 is 0 Å². The van der Waals surface area contributed by atoms with Crippen LogP contribution in [0.25, 0.3) is 5.43 Å². The third-order valence-electron chi connectivity index (χ3n) is 4.26. The van der Waals surface area contributed by atoms with Gasteiger partial charge in [0.1, 0.15) is 0 Å². The van der Waals surface area contributed by atoms with E-state index in [4.69, 9.17) is 0 Å². The highest BCUT2D eigenvalue weighted by Gasteiger charge is 2.15. The summed E-state index contributed by atoms with van der Waals surface area (Å²) in [6.07, 6.45) is 1.93. The van der Waals surface area contributed by atoms with Gasteiger partial charge in [0, 0.05) is 19.1 Å². The maximum Gasteiger partial charge on any atom is 0.314 e. The third kappa shape index (κ3) is 6.38. The van der Waals surface area contributed by atoms with Crippen molar-refractivity contribution in [2.75, 3.05) is 40.8 Å². The van der Waals surface area contributed by atoms with Gasteiger partial charge in [-0.05, 0) is 44.9 Å². The predicted molar refractivity (Wildman–Crippen MR) is 99.1 cm³/mol. The first-order valence-corrected chi connectivity index (χ1v) is 8.46. The molecular formula is C18H28N5O2-. The molecule has 2 unspecified atom stereocenters. The molecule has 7 nitrogen and oxygen atoms in total. The number of hydrogen-bond acceptors (Lipinski definition) is 4. The molecule has 0 aromatic heterocycles. The lowest BCUT2D eigenvalue weighted by atomic mass is 10.1. The van der Waals surface area contributed by atoms with E-state index in [1.807, 2.05) is 39.3 Å². The first-order valence-electron chi connectivity index (χ1n) is 8.46. The molecule has 1 aliphatic rings. The lowest BCUT2D eigenvalue weighted by Crippen LogP contribution is -2.46. The maximum absolute atomic E-state index is 12.0. The second-order valence-corrected chi connectivity index (χ2v) is 6.49. The van der Waals surface area contributed by atoms with Crippen molar-refractivity contribution in [1.82, 2.24) is 20.5 Å². The van der Waals surface area contributed by atoms with Crippen molar-refractivity contribution in [2.24, 2.45) is 0 Å². The lowest BCUT2D eigenvalue weighted by Gasteiger charge is -2.25. The summed E-state index contributed by atoms with van der Waals surface area (Å²) in [7, 11) is 5.82. The summed E-state index contributed by atoms with van der Waals surface area (Å²) in [6.45, 7) is 1.18. The number of carbonyl (C=O) groups excluding carboxylic acids is 1. The number of aliphatic hydroxyl groups excluding tert-OH is 1. The van der Waals surface area contributed by atoms with Crippen molar-refractivity contribution in [3.05, 3.63) is 53.1 Å². The number of benzene rings is 1. The van der Waals surface area contributed by atoms with E-state index in [2.05, 4.69) is 33.1 Å². The van der Waals surface area contributed by atoms with Crippen molar-refractivity contribution in [2.45, 2.75) is 18.6 Å². The number of hydrogen-bond donors (Lipinski definition) is 3. The third-order valence-corrected chi connectivity index (χ3v) is 4.26. The van der Waals surface area contributed by atoms with Gasteiger partial charge >= 0.3 is 6.03 Å². The number of carbonyl (C=O) groups is 1. The van der Waals surface area contributed by atoms with Crippen LogP contribution in [-0.4, -0.2) is 74.0 Å². The Balaban J connectivity index is 1.74. The van der Waals surface area contributed by atoms with E-state index in [9.17, 15) is 9.90 Å². The molecule has 1 aliphatic heterocycles. The normalized spacial score (nSPS) is 16.5. The second-order valence-electron chi connectivity index (χ2n) is 6.49. The summed E-state index contributed by atoms with van der Waals surface area (Å²) in [5, 5.41) is 17.3. The molecule has 1 aromatic carbocycles. The molecular weight excluding hydrogens is 318 g/mol. The fourth-order valence-corrected chi connectivity index (χ4v) is 2.62. The molecule has 0 saturated carbocycles. The Kier molecular flexibility index (Phi) is 7.24. The zero-order valence-electron chi connectivity index (χ0n) is 15.1. The van der Waals surface area contributed by atoms with Gasteiger partial charge in [-0.2, -0.15) is 0 Å². The highest BCUT2D eigenvalue weighted by atomic mass is 16.3. The van der Waals surface area contributed by atoms with E-state index in [1.165, 1.54) is 5.56 Å². The number of amides is 2. The topological polar surface area (TPSA) is 81.9 Å². The van der Waals surface area contributed by atoms with Crippen molar-refractivity contribution in [3.8, 4) is 0 Å². The number of aliphatic hydroxyl groups is 1. The second kappa shape index (κ2) is 9.41. The van der Waals surface area contributed by atoms with E-state index in [-0.39, 0.29) is 18.6 Å².